The number of rotatable bonds is 3. The molecule has 3 aromatic carbocycles. The number of aryl methyl sites for hydroxylation is 1. The van der Waals surface area contributed by atoms with E-state index < -0.39 is 6.04 Å². The van der Waals surface area contributed by atoms with Crippen molar-refractivity contribution < 1.29 is 0 Å². The van der Waals surface area contributed by atoms with Crippen molar-refractivity contribution in [1.29, 1.82) is 0 Å². The van der Waals surface area contributed by atoms with Crippen LogP contribution in [0.25, 0.3) is 16.6 Å². The molecule has 0 saturated carbocycles. The number of hydrazone groups is 1. The standard InChI is InChI=1S/C25H21N5OS/c1-16-11-13-17(14-12-16)21-15-22(30(28-21)25(26)32)23-27-20-10-6-5-9-19(20)24(31)29(23)18-7-3-2-4-8-18/h2-14,22H,15H2,1H3,(H2,26,32). The van der Waals surface area contributed by atoms with E-state index in [-0.39, 0.29) is 10.7 Å². The van der Waals surface area contributed by atoms with Crippen LogP contribution in [-0.2, 0) is 0 Å². The van der Waals surface area contributed by atoms with Crippen molar-refractivity contribution in [1.82, 2.24) is 14.6 Å². The zero-order chi connectivity index (χ0) is 22.2. The number of benzene rings is 3. The number of para-hydroxylation sites is 2. The van der Waals surface area contributed by atoms with Crippen molar-refractivity contribution in [2.24, 2.45) is 10.8 Å². The summed E-state index contributed by atoms with van der Waals surface area (Å²) in [5.41, 5.74) is 10.3. The second-order valence-corrected chi connectivity index (χ2v) is 8.20. The Morgan fingerprint density at radius 1 is 1.00 bits per heavy atom. The van der Waals surface area contributed by atoms with Gasteiger partial charge in [-0.15, -0.1) is 0 Å². The number of hydrogen-bond acceptors (Lipinski definition) is 4. The van der Waals surface area contributed by atoms with E-state index in [0.29, 0.717) is 23.1 Å². The minimum Gasteiger partial charge on any atom is -0.375 e. The van der Waals surface area contributed by atoms with Crippen LogP contribution < -0.4 is 11.3 Å². The van der Waals surface area contributed by atoms with Gasteiger partial charge in [-0.1, -0.05) is 60.2 Å². The topological polar surface area (TPSA) is 76.5 Å². The molecule has 1 aliphatic rings. The maximum absolute atomic E-state index is 13.6. The highest BCUT2D eigenvalue weighted by Gasteiger charge is 2.34. The lowest BCUT2D eigenvalue weighted by molar-refractivity contribution is 0.352. The predicted molar refractivity (Wildman–Crippen MR) is 131 cm³/mol. The number of thiocarbonyl (C=S) groups is 1. The SMILES string of the molecule is Cc1ccc(C2=NN(C(N)=S)C(c3nc4ccccc4c(=O)n3-c3ccccc3)C2)cc1. The molecule has 2 heterocycles. The first-order chi connectivity index (χ1) is 15.5. The van der Waals surface area contributed by atoms with E-state index in [1.54, 1.807) is 15.6 Å². The molecule has 0 bridgehead atoms. The molecule has 1 unspecified atom stereocenters. The summed E-state index contributed by atoms with van der Waals surface area (Å²) in [5.74, 6) is 0.554. The molecule has 0 spiro atoms. The van der Waals surface area contributed by atoms with E-state index in [0.717, 1.165) is 17.0 Å². The Kier molecular flexibility index (Phi) is 5.03. The Morgan fingerprint density at radius 2 is 1.69 bits per heavy atom. The van der Waals surface area contributed by atoms with Crippen LogP contribution in [0.1, 0.15) is 29.4 Å². The number of nitrogens with zero attached hydrogens (tertiary/aromatic N) is 4. The molecule has 32 heavy (non-hydrogen) atoms. The molecule has 0 radical (unpaired) electrons. The Labute approximate surface area is 190 Å². The van der Waals surface area contributed by atoms with Gasteiger partial charge in [-0.25, -0.2) is 9.99 Å². The molecule has 6 nitrogen and oxygen atoms in total. The predicted octanol–water partition coefficient (Wildman–Crippen LogP) is 4.09. The van der Waals surface area contributed by atoms with Crippen molar-refractivity contribution in [2.75, 3.05) is 0 Å². The summed E-state index contributed by atoms with van der Waals surface area (Å²) in [5, 5.41) is 7.01. The molecular formula is C25H21N5OS. The van der Waals surface area contributed by atoms with Crippen LogP contribution in [0.2, 0.25) is 0 Å². The van der Waals surface area contributed by atoms with E-state index in [2.05, 4.69) is 0 Å². The fraction of sp³-hybridized carbons (Fsp3) is 0.120. The van der Waals surface area contributed by atoms with Crippen LogP contribution in [-0.4, -0.2) is 25.4 Å². The minimum atomic E-state index is -0.402. The van der Waals surface area contributed by atoms with Gasteiger partial charge in [0.2, 0.25) is 0 Å². The molecule has 2 N–H and O–H groups in total. The van der Waals surface area contributed by atoms with Gasteiger partial charge in [-0.2, -0.15) is 5.10 Å². The third-order valence-electron chi connectivity index (χ3n) is 5.64. The van der Waals surface area contributed by atoms with Gasteiger partial charge in [-0.3, -0.25) is 9.36 Å². The maximum atomic E-state index is 13.6. The van der Waals surface area contributed by atoms with Gasteiger partial charge in [-0.05, 0) is 49.0 Å². The molecule has 0 amide bonds. The first kappa shape index (κ1) is 20.1. The molecular weight excluding hydrogens is 418 g/mol. The Hall–Kier alpha value is -3.84. The van der Waals surface area contributed by atoms with Crippen LogP contribution in [0.5, 0.6) is 0 Å². The largest absolute Gasteiger partial charge is 0.375 e. The van der Waals surface area contributed by atoms with E-state index in [9.17, 15) is 4.79 Å². The summed E-state index contributed by atoms with van der Waals surface area (Å²) >= 11 is 5.33. The van der Waals surface area contributed by atoms with Gasteiger partial charge >= 0.3 is 0 Å². The summed E-state index contributed by atoms with van der Waals surface area (Å²) in [6.07, 6.45) is 0.526. The molecule has 5 rings (SSSR count). The molecule has 158 valence electrons. The maximum Gasteiger partial charge on any atom is 0.266 e. The molecule has 0 saturated heterocycles. The summed E-state index contributed by atoms with van der Waals surface area (Å²) in [6, 6.07) is 24.6. The summed E-state index contributed by atoms with van der Waals surface area (Å²) in [6.45, 7) is 2.04. The normalized spacial score (nSPS) is 15.7. The van der Waals surface area contributed by atoms with Gasteiger partial charge in [0.25, 0.3) is 5.56 Å². The number of nitrogens with two attached hydrogens (primary N) is 1. The molecule has 1 aliphatic heterocycles. The molecule has 1 aromatic heterocycles. The van der Waals surface area contributed by atoms with Crippen molar-refractivity contribution >= 4 is 33.9 Å². The highest BCUT2D eigenvalue weighted by atomic mass is 32.1. The summed E-state index contributed by atoms with van der Waals surface area (Å²) in [7, 11) is 0. The van der Waals surface area contributed by atoms with Crippen LogP contribution in [0.15, 0.2) is 88.8 Å². The third kappa shape index (κ3) is 3.46. The lowest BCUT2D eigenvalue weighted by Crippen LogP contribution is -2.35. The second-order valence-electron chi connectivity index (χ2n) is 7.78. The van der Waals surface area contributed by atoms with Crippen LogP contribution in [0.3, 0.4) is 0 Å². The van der Waals surface area contributed by atoms with E-state index in [1.807, 2.05) is 79.7 Å². The van der Waals surface area contributed by atoms with Crippen molar-refractivity contribution in [3.05, 3.63) is 106 Å². The molecule has 0 fully saturated rings. The average Bonchev–Trinajstić information content (AvgIpc) is 3.26. The zero-order valence-corrected chi connectivity index (χ0v) is 18.3. The third-order valence-corrected chi connectivity index (χ3v) is 5.82. The van der Waals surface area contributed by atoms with Crippen molar-refractivity contribution in [3.8, 4) is 5.69 Å². The fourth-order valence-corrected chi connectivity index (χ4v) is 4.20. The number of fused-ring (bicyclic) bond motifs is 1. The van der Waals surface area contributed by atoms with Gasteiger partial charge in [0.05, 0.1) is 22.3 Å². The Bertz CT molecular complexity index is 1410. The van der Waals surface area contributed by atoms with E-state index in [4.69, 9.17) is 28.0 Å². The summed E-state index contributed by atoms with van der Waals surface area (Å²) in [4.78, 5) is 18.5. The quantitative estimate of drug-likeness (QED) is 0.487. The first-order valence-electron chi connectivity index (χ1n) is 10.3. The monoisotopic (exact) mass is 439 g/mol. The van der Waals surface area contributed by atoms with Crippen LogP contribution >= 0.6 is 12.2 Å². The summed E-state index contributed by atoms with van der Waals surface area (Å²) < 4.78 is 1.64. The molecule has 1 atom stereocenters. The lowest BCUT2D eigenvalue weighted by atomic mass is 10.0. The van der Waals surface area contributed by atoms with Gasteiger partial charge in [0.15, 0.2) is 5.11 Å². The number of aromatic nitrogens is 2. The zero-order valence-electron chi connectivity index (χ0n) is 17.5. The molecule has 0 aliphatic carbocycles. The van der Waals surface area contributed by atoms with E-state index >= 15 is 0 Å². The first-order valence-corrected chi connectivity index (χ1v) is 10.7. The lowest BCUT2D eigenvalue weighted by Gasteiger charge is -2.24. The smallest absolute Gasteiger partial charge is 0.266 e. The van der Waals surface area contributed by atoms with Crippen LogP contribution in [0, 0.1) is 6.92 Å². The van der Waals surface area contributed by atoms with Crippen molar-refractivity contribution in [2.45, 2.75) is 19.4 Å². The van der Waals surface area contributed by atoms with Crippen LogP contribution in [0.4, 0.5) is 0 Å². The second kappa shape index (κ2) is 8.01. The van der Waals surface area contributed by atoms with Gasteiger partial charge < -0.3 is 5.73 Å². The Balaban J connectivity index is 1.70. The highest BCUT2D eigenvalue weighted by Crippen LogP contribution is 2.33. The highest BCUT2D eigenvalue weighted by molar-refractivity contribution is 7.80. The van der Waals surface area contributed by atoms with Gasteiger partial charge in [0.1, 0.15) is 11.9 Å². The fourth-order valence-electron chi connectivity index (χ4n) is 4.04. The van der Waals surface area contributed by atoms with E-state index in [1.165, 1.54) is 5.56 Å². The van der Waals surface area contributed by atoms with Gasteiger partial charge in [0, 0.05) is 6.42 Å². The Morgan fingerprint density at radius 3 is 2.41 bits per heavy atom. The number of hydrogen-bond donors (Lipinski definition) is 1. The minimum absolute atomic E-state index is 0.136. The molecule has 7 heteroatoms. The molecule has 4 aromatic rings. The van der Waals surface area contributed by atoms with Crippen molar-refractivity contribution in [3.63, 3.8) is 0 Å². The average molecular weight is 440 g/mol.